The van der Waals surface area contributed by atoms with Crippen molar-refractivity contribution in [2.45, 2.75) is 18.3 Å². The van der Waals surface area contributed by atoms with Crippen LogP contribution in [0.1, 0.15) is 12.8 Å². The van der Waals surface area contributed by atoms with Gasteiger partial charge in [-0.05, 0) is 49.0 Å². The van der Waals surface area contributed by atoms with Gasteiger partial charge in [0.25, 0.3) is 9.84 Å². The van der Waals surface area contributed by atoms with E-state index in [0.717, 1.165) is 24.3 Å². The van der Waals surface area contributed by atoms with Gasteiger partial charge in [-0.3, -0.25) is 0 Å². The average Bonchev–Trinajstić information content (AvgIpc) is 2.83. The first-order valence-corrected chi connectivity index (χ1v) is 13.9. The number of ether oxygens (including phenoxy) is 2. The SMILES string of the molecule is O=S(=O)(C1=C(SCC2C=CC=CC2)C=CCO1)C1OC=CC=C1SCC1C=CC=CC1. The molecule has 0 bridgehead atoms. The Morgan fingerprint density at radius 3 is 2.29 bits per heavy atom. The van der Waals surface area contributed by atoms with E-state index in [1.165, 1.54) is 18.0 Å². The molecule has 0 saturated heterocycles. The first-order valence-electron chi connectivity index (χ1n) is 10.4. The van der Waals surface area contributed by atoms with Crippen LogP contribution < -0.4 is 0 Å². The maximum Gasteiger partial charge on any atom is 0.254 e. The van der Waals surface area contributed by atoms with Crippen LogP contribution in [0.2, 0.25) is 0 Å². The number of allylic oxidation sites excluding steroid dienone is 11. The van der Waals surface area contributed by atoms with Gasteiger partial charge < -0.3 is 9.47 Å². The molecule has 0 amide bonds. The monoisotopic (exact) mass is 474 g/mol. The quantitative estimate of drug-likeness (QED) is 0.454. The van der Waals surface area contributed by atoms with Gasteiger partial charge in [0.05, 0.1) is 11.2 Å². The number of thioether (sulfide) groups is 2. The highest BCUT2D eigenvalue weighted by atomic mass is 32.2. The van der Waals surface area contributed by atoms with Gasteiger partial charge in [-0.1, -0.05) is 48.6 Å². The lowest BCUT2D eigenvalue weighted by Gasteiger charge is -2.26. The summed E-state index contributed by atoms with van der Waals surface area (Å²) >= 11 is 3.07. The van der Waals surface area contributed by atoms with Crippen molar-refractivity contribution in [2.24, 2.45) is 11.8 Å². The summed E-state index contributed by atoms with van der Waals surface area (Å²) in [5, 5.41) is 0.0302. The van der Waals surface area contributed by atoms with Gasteiger partial charge in [0, 0.05) is 16.4 Å². The van der Waals surface area contributed by atoms with E-state index in [2.05, 4.69) is 24.3 Å². The van der Waals surface area contributed by atoms with E-state index in [4.69, 9.17) is 9.47 Å². The van der Waals surface area contributed by atoms with Gasteiger partial charge in [0.1, 0.15) is 6.61 Å². The summed E-state index contributed by atoms with van der Waals surface area (Å²) in [4.78, 5) is 1.35. The second-order valence-corrected chi connectivity index (χ2v) is 11.6. The van der Waals surface area contributed by atoms with Gasteiger partial charge in [-0.15, -0.1) is 23.5 Å². The van der Waals surface area contributed by atoms with Crippen molar-refractivity contribution in [2.75, 3.05) is 18.1 Å². The summed E-state index contributed by atoms with van der Waals surface area (Å²) in [6.45, 7) is 0.249. The molecule has 0 spiro atoms. The molecule has 164 valence electrons. The molecule has 0 saturated carbocycles. The fourth-order valence-electron chi connectivity index (χ4n) is 3.49. The second-order valence-electron chi connectivity index (χ2n) is 7.52. The molecule has 0 aromatic heterocycles. The predicted octanol–water partition coefficient (Wildman–Crippen LogP) is 5.64. The minimum atomic E-state index is -3.83. The zero-order valence-corrected chi connectivity index (χ0v) is 19.6. The normalized spacial score (nSPS) is 27.2. The van der Waals surface area contributed by atoms with Crippen LogP contribution in [-0.4, -0.2) is 32.0 Å². The van der Waals surface area contributed by atoms with E-state index in [-0.39, 0.29) is 11.7 Å². The predicted molar refractivity (Wildman–Crippen MR) is 131 cm³/mol. The smallest absolute Gasteiger partial charge is 0.254 e. The first-order chi connectivity index (χ1) is 15.1. The molecule has 2 heterocycles. The zero-order valence-electron chi connectivity index (χ0n) is 17.1. The molecule has 3 atom stereocenters. The lowest BCUT2D eigenvalue weighted by molar-refractivity contribution is 0.229. The highest BCUT2D eigenvalue weighted by Crippen LogP contribution is 2.38. The molecular weight excluding hydrogens is 448 g/mol. The molecule has 0 aromatic carbocycles. The fraction of sp³-hybridized carbons (Fsp3) is 0.333. The van der Waals surface area contributed by atoms with E-state index >= 15 is 0 Å². The topological polar surface area (TPSA) is 52.6 Å². The lowest BCUT2D eigenvalue weighted by atomic mass is 10.0. The fourth-order valence-corrected chi connectivity index (χ4v) is 8.00. The van der Waals surface area contributed by atoms with Crippen LogP contribution in [-0.2, 0) is 19.3 Å². The number of rotatable bonds is 8. The molecule has 0 radical (unpaired) electrons. The Morgan fingerprint density at radius 2 is 1.61 bits per heavy atom. The Hall–Kier alpha value is -1.83. The molecule has 4 rings (SSSR count). The highest BCUT2D eigenvalue weighted by Gasteiger charge is 2.39. The van der Waals surface area contributed by atoms with Crippen LogP contribution in [0.3, 0.4) is 0 Å². The third kappa shape index (κ3) is 5.70. The Kier molecular flexibility index (Phi) is 7.69. The third-order valence-corrected chi connectivity index (χ3v) is 9.72. The first kappa shape index (κ1) is 22.4. The van der Waals surface area contributed by atoms with E-state index in [1.54, 1.807) is 17.8 Å². The third-order valence-electron chi connectivity index (χ3n) is 5.15. The van der Waals surface area contributed by atoms with E-state index in [0.29, 0.717) is 21.6 Å². The Labute approximate surface area is 193 Å². The second kappa shape index (κ2) is 10.7. The summed E-state index contributed by atoms with van der Waals surface area (Å²) in [5.74, 6) is 2.38. The van der Waals surface area contributed by atoms with Gasteiger partial charge in [-0.25, -0.2) is 8.42 Å². The van der Waals surface area contributed by atoms with Crippen LogP contribution >= 0.6 is 23.5 Å². The lowest BCUT2D eigenvalue weighted by Crippen LogP contribution is -2.29. The van der Waals surface area contributed by atoms with Crippen molar-refractivity contribution in [3.05, 3.63) is 94.1 Å². The standard InChI is InChI=1S/C24H26O4S3/c25-31(26,23-21(13-7-15-27-23)29-17-19-9-3-1-4-10-19)24-22(14-8-16-28-24)30-18-20-11-5-2-6-12-20/h1-9,11,13-15,19-20,23H,10,12,16-18H2. The molecule has 2 aliphatic heterocycles. The van der Waals surface area contributed by atoms with Crippen LogP contribution in [0.25, 0.3) is 0 Å². The van der Waals surface area contributed by atoms with Crippen molar-refractivity contribution in [1.29, 1.82) is 0 Å². The van der Waals surface area contributed by atoms with Gasteiger partial charge in [0.15, 0.2) is 0 Å². The summed E-state index contributed by atoms with van der Waals surface area (Å²) in [6, 6.07) is 0. The van der Waals surface area contributed by atoms with Gasteiger partial charge >= 0.3 is 0 Å². The Balaban J connectivity index is 1.49. The molecule has 31 heavy (non-hydrogen) atoms. The van der Waals surface area contributed by atoms with Crippen LogP contribution in [0, 0.1) is 11.8 Å². The molecule has 0 N–H and O–H groups in total. The molecule has 0 fully saturated rings. The molecule has 7 heteroatoms. The summed E-state index contributed by atoms with van der Waals surface area (Å²) in [5.41, 5.74) is -1.07. The molecule has 0 aromatic rings. The maximum atomic E-state index is 13.6. The molecule has 3 unspecified atom stereocenters. The summed E-state index contributed by atoms with van der Waals surface area (Å²) in [7, 11) is -3.83. The molecule has 4 nitrogen and oxygen atoms in total. The van der Waals surface area contributed by atoms with Gasteiger partial charge in [-0.2, -0.15) is 0 Å². The van der Waals surface area contributed by atoms with E-state index < -0.39 is 15.3 Å². The van der Waals surface area contributed by atoms with Crippen molar-refractivity contribution >= 4 is 33.4 Å². The van der Waals surface area contributed by atoms with Crippen molar-refractivity contribution in [1.82, 2.24) is 0 Å². The number of hydrogen-bond donors (Lipinski definition) is 0. The van der Waals surface area contributed by atoms with Crippen LogP contribution in [0.5, 0.6) is 0 Å². The molecule has 4 aliphatic rings. The minimum Gasteiger partial charge on any atom is -0.478 e. The average molecular weight is 475 g/mol. The van der Waals surface area contributed by atoms with Crippen molar-refractivity contribution in [3.8, 4) is 0 Å². The van der Waals surface area contributed by atoms with E-state index in [9.17, 15) is 8.42 Å². The van der Waals surface area contributed by atoms with Crippen LogP contribution in [0.4, 0.5) is 0 Å². The Bertz CT molecular complexity index is 1010. The number of hydrogen-bond acceptors (Lipinski definition) is 6. The van der Waals surface area contributed by atoms with Crippen molar-refractivity contribution in [3.63, 3.8) is 0 Å². The molecular formula is C24H26O4S3. The minimum absolute atomic E-state index is 0.0302. The maximum absolute atomic E-state index is 13.6. The number of sulfone groups is 1. The van der Waals surface area contributed by atoms with Crippen LogP contribution in [0.15, 0.2) is 94.1 Å². The highest BCUT2D eigenvalue weighted by molar-refractivity contribution is 8.06. The zero-order chi connectivity index (χ0) is 21.5. The van der Waals surface area contributed by atoms with Crippen molar-refractivity contribution < 1.29 is 17.9 Å². The van der Waals surface area contributed by atoms with Gasteiger partial charge in [0.2, 0.25) is 10.5 Å². The van der Waals surface area contributed by atoms with E-state index in [1.807, 2.05) is 42.5 Å². The largest absolute Gasteiger partial charge is 0.478 e. The Morgan fingerprint density at radius 1 is 0.903 bits per heavy atom. The summed E-state index contributed by atoms with van der Waals surface area (Å²) in [6.07, 6.45) is 27.5. The molecule has 2 aliphatic carbocycles. The summed E-state index contributed by atoms with van der Waals surface area (Å²) < 4.78 is 38.5.